The van der Waals surface area contributed by atoms with Crippen molar-refractivity contribution >= 4 is 5.97 Å². The molecule has 0 spiro atoms. The summed E-state index contributed by atoms with van der Waals surface area (Å²) in [5, 5.41) is 9.05. The van der Waals surface area contributed by atoms with Crippen molar-refractivity contribution in [3.8, 4) is 0 Å². The van der Waals surface area contributed by atoms with Gasteiger partial charge in [0.1, 0.15) is 0 Å². The number of hydrogen-bond acceptors (Lipinski definition) is 3. The van der Waals surface area contributed by atoms with Crippen molar-refractivity contribution in [1.82, 2.24) is 9.80 Å². The number of carboxylic acids is 1. The van der Waals surface area contributed by atoms with Gasteiger partial charge < -0.3 is 10.0 Å². The molecule has 2 fully saturated rings. The van der Waals surface area contributed by atoms with E-state index in [4.69, 9.17) is 5.11 Å². The molecule has 0 aromatic rings. The molecule has 0 bridgehead atoms. The lowest BCUT2D eigenvalue weighted by molar-refractivity contribution is -0.138. The van der Waals surface area contributed by atoms with Crippen LogP contribution in [0.3, 0.4) is 0 Å². The summed E-state index contributed by atoms with van der Waals surface area (Å²) in [6, 6.07) is 0.830. The van der Waals surface area contributed by atoms with Crippen molar-refractivity contribution in [2.24, 2.45) is 5.41 Å². The molecule has 4 heteroatoms. The molecule has 1 aliphatic heterocycles. The summed E-state index contributed by atoms with van der Waals surface area (Å²) in [7, 11) is 2.10. The van der Waals surface area contributed by atoms with Crippen LogP contribution in [0.2, 0.25) is 0 Å². The van der Waals surface area contributed by atoms with E-state index in [1.54, 1.807) is 0 Å². The van der Waals surface area contributed by atoms with E-state index in [0.29, 0.717) is 6.04 Å². The molecule has 1 atom stereocenters. The second-order valence-corrected chi connectivity index (χ2v) is 6.52. The Morgan fingerprint density at radius 3 is 2.53 bits per heavy atom. The van der Waals surface area contributed by atoms with E-state index in [0.717, 1.165) is 19.6 Å². The highest BCUT2D eigenvalue weighted by Gasteiger charge is 2.40. The molecule has 17 heavy (non-hydrogen) atoms. The van der Waals surface area contributed by atoms with E-state index < -0.39 is 5.97 Å². The van der Waals surface area contributed by atoms with E-state index in [9.17, 15) is 4.79 Å². The van der Waals surface area contributed by atoms with Crippen molar-refractivity contribution in [2.75, 3.05) is 26.7 Å². The van der Waals surface area contributed by atoms with Gasteiger partial charge in [-0.2, -0.15) is 0 Å². The van der Waals surface area contributed by atoms with Crippen LogP contribution in [0.15, 0.2) is 0 Å². The molecule has 1 saturated carbocycles. The van der Waals surface area contributed by atoms with Gasteiger partial charge in [-0.3, -0.25) is 9.69 Å². The SMILES string of the molecule is CN1CC(CC(=O)O)N(C2CC2)CC(C)(C)C1. The summed E-state index contributed by atoms with van der Waals surface area (Å²) in [6.07, 6.45) is 2.77. The van der Waals surface area contributed by atoms with Crippen LogP contribution < -0.4 is 0 Å². The van der Waals surface area contributed by atoms with Crippen LogP contribution in [-0.2, 0) is 4.79 Å². The molecule has 0 radical (unpaired) electrons. The van der Waals surface area contributed by atoms with Gasteiger partial charge in [-0.25, -0.2) is 0 Å². The van der Waals surface area contributed by atoms with Gasteiger partial charge in [0, 0.05) is 31.7 Å². The summed E-state index contributed by atoms with van der Waals surface area (Å²) in [5.74, 6) is -0.672. The molecule has 98 valence electrons. The molecule has 1 unspecified atom stereocenters. The maximum Gasteiger partial charge on any atom is 0.304 e. The number of rotatable bonds is 3. The number of hydrogen-bond donors (Lipinski definition) is 1. The quantitative estimate of drug-likeness (QED) is 0.806. The Balaban J connectivity index is 2.12. The smallest absolute Gasteiger partial charge is 0.304 e. The second kappa shape index (κ2) is 4.58. The summed E-state index contributed by atoms with van der Waals surface area (Å²) in [4.78, 5) is 15.7. The van der Waals surface area contributed by atoms with E-state index in [2.05, 4.69) is 30.7 Å². The van der Waals surface area contributed by atoms with E-state index >= 15 is 0 Å². The van der Waals surface area contributed by atoms with Crippen LogP contribution in [0.1, 0.15) is 33.1 Å². The maximum atomic E-state index is 11.0. The minimum Gasteiger partial charge on any atom is -0.481 e. The number of carbonyl (C=O) groups is 1. The summed E-state index contributed by atoms with van der Waals surface area (Å²) < 4.78 is 0. The molecule has 4 nitrogen and oxygen atoms in total. The Hall–Kier alpha value is -0.610. The van der Waals surface area contributed by atoms with Crippen LogP contribution >= 0.6 is 0 Å². The van der Waals surface area contributed by atoms with Gasteiger partial charge in [0.2, 0.25) is 0 Å². The van der Waals surface area contributed by atoms with Gasteiger partial charge in [0.15, 0.2) is 0 Å². The zero-order chi connectivity index (χ0) is 12.6. The van der Waals surface area contributed by atoms with E-state index in [-0.39, 0.29) is 17.9 Å². The lowest BCUT2D eigenvalue weighted by Gasteiger charge is -2.33. The largest absolute Gasteiger partial charge is 0.481 e. The molecule has 0 amide bonds. The Morgan fingerprint density at radius 1 is 1.35 bits per heavy atom. The molecule has 1 heterocycles. The third-order valence-corrected chi connectivity index (χ3v) is 3.73. The third kappa shape index (κ3) is 3.42. The highest BCUT2D eigenvalue weighted by Crippen LogP contribution is 2.35. The predicted octanol–water partition coefficient (Wildman–Crippen LogP) is 1.27. The van der Waals surface area contributed by atoms with Crippen molar-refractivity contribution in [3.05, 3.63) is 0 Å². The van der Waals surface area contributed by atoms with Crippen LogP contribution in [0.5, 0.6) is 0 Å². The van der Waals surface area contributed by atoms with Crippen molar-refractivity contribution < 1.29 is 9.90 Å². The number of nitrogens with zero attached hydrogens (tertiary/aromatic N) is 2. The standard InChI is InChI=1S/C13H24N2O2/c1-13(2)8-14(3)7-11(6-12(16)17)15(9-13)10-4-5-10/h10-11H,4-9H2,1-3H3,(H,16,17). The third-order valence-electron chi connectivity index (χ3n) is 3.73. The fraction of sp³-hybridized carbons (Fsp3) is 0.923. The number of likely N-dealkylation sites (N-methyl/N-ethyl adjacent to an activating group) is 1. The van der Waals surface area contributed by atoms with Gasteiger partial charge in [-0.1, -0.05) is 13.8 Å². The van der Waals surface area contributed by atoms with E-state index in [1.807, 2.05) is 0 Å². The lowest BCUT2D eigenvalue weighted by Crippen LogP contribution is -2.44. The predicted molar refractivity (Wildman–Crippen MR) is 67.0 cm³/mol. The first kappa shape index (κ1) is 12.8. The summed E-state index contributed by atoms with van der Waals surface area (Å²) in [6.45, 7) is 7.52. The van der Waals surface area contributed by atoms with Crippen molar-refractivity contribution in [1.29, 1.82) is 0 Å². The van der Waals surface area contributed by atoms with Crippen LogP contribution in [0, 0.1) is 5.41 Å². The molecule has 2 aliphatic rings. The Morgan fingerprint density at radius 2 is 2.00 bits per heavy atom. The molecule has 1 aliphatic carbocycles. The second-order valence-electron chi connectivity index (χ2n) is 6.52. The summed E-state index contributed by atoms with van der Waals surface area (Å²) in [5.41, 5.74) is 0.255. The average molecular weight is 240 g/mol. The normalized spacial score (nSPS) is 31.1. The fourth-order valence-electron chi connectivity index (χ4n) is 3.15. The van der Waals surface area contributed by atoms with Gasteiger partial charge in [-0.15, -0.1) is 0 Å². The van der Waals surface area contributed by atoms with Gasteiger partial charge in [0.05, 0.1) is 6.42 Å². The summed E-state index contributed by atoms with van der Waals surface area (Å²) >= 11 is 0. The number of aliphatic carboxylic acids is 1. The van der Waals surface area contributed by atoms with Crippen LogP contribution in [-0.4, -0.2) is 59.6 Å². The van der Waals surface area contributed by atoms with E-state index in [1.165, 1.54) is 12.8 Å². The lowest BCUT2D eigenvalue weighted by atomic mass is 9.92. The highest BCUT2D eigenvalue weighted by atomic mass is 16.4. The monoisotopic (exact) mass is 240 g/mol. The van der Waals surface area contributed by atoms with Crippen LogP contribution in [0.25, 0.3) is 0 Å². The fourth-order valence-corrected chi connectivity index (χ4v) is 3.15. The minimum absolute atomic E-state index is 0.187. The molecule has 1 saturated heterocycles. The van der Waals surface area contributed by atoms with Gasteiger partial charge >= 0.3 is 5.97 Å². The van der Waals surface area contributed by atoms with Gasteiger partial charge in [-0.05, 0) is 25.3 Å². The topological polar surface area (TPSA) is 43.8 Å². The molecule has 1 N–H and O–H groups in total. The first-order chi connectivity index (χ1) is 7.87. The van der Waals surface area contributed by atoms with Crippen LogP contribution in [0.4, 0.5) is 0 Å². The molecule has 0 aromatic carbocycles. The average Bonchev–Trinajstić information content (AvgIpc) is 2.92. The number of carboxylic acid groups (broad SMARTS) is 1. The zero-order valence-corrected chi connectivity index (χ0v) is 11.1. The van der Waals surface area contributed by atoms with Gasteiger partial charge in [0.25, 0.3) is 0 Å². The van der Waals surface area contributed by atoms with Crippen molar-refractivity contribution in [2.45, 2.75) is 45.2 Å². The molecular weight excluding hydrogens is 216 g/mol. The molecule has 2 rings (SSSR count). The zero-order valence-electron chi connectivity index (χ0n) is 11.1. The highest BCUT2D eigenvalue weighted by molar-refractivity contribution is 5.67. The Kier molecular flexibility index (Phi) is 3.46. The molecular formula is C13H24N2O2. The Labute approximate surface area is 104 Å². The first-order valence-corrected chi connectivity index (χ1v) is 6.53. The minimum atomic E-state index is -0.672. The first-order valence-electron chi connectivity index (χ1n) is 6.53. The maximum absolute atomic E-state index is 11.0. The molecule has 0 aromatic heterocycles. The Bertz CT molecular complexity index is 300. The van der Waals surface area contributed by atoms with Crippen molar-refractivity contribution in [3.63, 3.8) is 0 Å².